The Morgan fingerprint density at radius 3 is 2.84 bits per heavy atom. The summed E-state index contributed by atoms with van der Waals surface area (Å²) in [7, 11) is 2.07. The zero-order chi connectivity index (χ0) is 17.8. The molecule has 0 spiro atoms. The lowest BCUT2D eigenvalue weighted by molar-refractivity contribution is 0.173. The highest BCUT2D eigenvalue weighted by Crippen LogP contribution is 2.10. The zero-order valence-corrected chi connectivity index (χ0v) is 15.1. The van der Waals surface area contributed by atoms with E-state index in [0.717, 1.165) is 24.7 Å². The predicted octanol–water partition coefficient (Wildman–Crippen LogP) is 1.63. The normalized spacial score (nSPS) is 15.1. The molecule has 0 bridgehead atoms. The molecule has 1 aromatic heterocycles. The van der Waals surface area contributed by atoms with Gasteiger partial charge in [0.25, 0.3) is 0 Å². The van der Waals surface area contributed by atoms with E-state index in [1.54, 1.807) is 4.90 Å². The van der Waals surface area contributed by atoms with Gasteiger partial charge in [-0.25, -0.2) is 14.5 Å². The van der Waals surface area contributed by atoms with Crippen molar-refractivity contribution >= 4 is 6.03 Å². The second-order valence-electron chi connectivity index (χ2n) is 6.75. The molecule has 1 aliphatic heterocycles. The number of fused-ring (bicyclic) bond motifs is 1. The lowest BCUT2D eigenvalue weighted by Gasteiger charge is -2.29. The van der Waals surface area contributed by atoms with Crippen LogP contribution in [0.2, 0.25) is 0 Å². The molecule has 1 aromatic carbocycles. The van der Waals surface area contributed by atoms with E-state index >= 15 is 0 Å². The lowest BCUT2D eigenvalue weighted by Crippen LogP contribution is -2.49. The highest BCUT2D eigenvalue weighted by Gasteiger charge is 2.23. The summed E-state index contributed by atoms with van der Waals surface area (Å²) < 4.78 is 1.89. The quantitative estimate of drug-likeness (QED) is 0.897. The number of likely N-dealkylation sites (N-methyl/N-ethyl adjacent to an activating group) is 1. The van der Waals surface area contributed by atoms with Gasteiger partial charge in [-0.15, -0.1) is 0 Å². The molecule has 1 unspecified atom stereocenters. The number of aryl methyl sites for hydroxylation is 1. The third-order valence-electron chi connectivity index (χ3n) is 4.31. The average Bonchev–Trinajstić information content (AvgIpc) is 2.94. The van der Waals surface area contributed by atoms with Crippen molar-refractivity contribution in [3.63, 3.8) is 0 Å². The summed E-state index contributed by atoms with van der Waals surface area (Å²) in [6.45, 7) is 7.45. The Labute approximate surface area is 148 Å². The van der Waals surface area contributed by atoms with Crippen LogP contribution in [0.1, 0.15) is 24.1 Å². The molecule has 1 atom stereocenters. The number of hydrogen-bond donors (Lipinski definition) is 1. The number of carbonyl (C=O) groups excluding carboxylic acids is 1. The van der Waals surface area contributed by atoms with Crippen LogP contribution in [0, 0.1) is 6.92 Å². The SMILES string of the molecule is Cc1nc2n(n1)CCN(C(=O)NC(C)CN(C)Cc1ccccc1)C2. The Hall–Kier alpha value is -2.41. The summed E-state index contributed by atoms with van der Waals surface area (Å²) in [4.78, 5) is 20.9. The molecule has 2 aromatic rings. The monoisotopic (exact) mass is 342 g/mol. The Balaban J connectivity index is 1.47. The van der Waals surface area contributed by atoms with Gasteiger partial charge >= 0.3 is 6.03 Å². The predicted molar refractivity (Wildman–Crippen MR) is 95.9 cm³/mol. The van der Waals surface area contributed by atoms with E-state index in [9.17, 15) is 4.79 Å². The van der Waals surface area contributed by atoms with Crippen molar-refractivity contribution in [1.82, 2.24) is 29.9 Å². The maximum absolute atomic E-state index is 12.5. The number of carbonyl (C=O) groups is 1. The molecule has 2 heterocycles. The molecule has 1 N–H and O–H groups in total. The van der Waals surface area contributed by atoms with Gasteiger partial charge in [0.2, 0.25) is 0 Å². The van der Waals surface area contributed by atoms with Crippen molar-refractivity contribution in [3.8, 4) is 0 Å². The molecule has 0 fully saturated rings. The Morgan fingerprint density at radius 1 is 1.32 bits per heavy atom. The first kappa shape index (κ1) is 17.4. The molecule has 134 valence electrons. The molecule has 1 aliphatic rings. The van der Waals surface area contributed by atoms with Crippen molar-refractivity contribution in [1.29, 1.82) is 0 Å². The van der Waals surface area contributed by atoms with Crippen molar-refractivity contribution in [3.05, 3.63) is 47.5 Å². The highest BCUT2D eigenvalue weighted by molar-refractivity contribution is 5.74. The van der Waals surface area contributed by atoms with Gasteiger partial charge in [0.15, 0.2) is 0 Å². The minimum Gasteiger partial charge on any atom is -0.334 e. The van der Waals surface area contributed by atoms with Gasteiger partial charge < -0.3 is 15.1 Å². The summed E-state index contributed by atoms with van der Waals surface area (Å²) in [6.07, 6.45) is 0. The summed E-state index contributed by atoms with van der Waals surface area (Å²) >= 11 is 0. The van der Waals surface area contributed by atoms with Gasteiger partial charge in [-0.3, -0.25) is 0 Å². The van der Waals surface area contributed by atoms with Crippen LogP contribution in [0.5, 0.6) is 0 Å². The van der Waals surface area contributed by atoms with E-state index in [-0.39, 0.29) is 12.1 Å². The highest BCUT2D eigenvalue weighted by atomic mass is 16.2. The number of amides is 2. The first-order valence-electron chi connectivity index (χ1n) is 8.69. The van der Waals surface area contributed by atoms with Crippen LogP contribution in [-0.4, -0.2) is 56.8 Å². The molecule has 0 saturated heterocycles. The van der Waals surface area contributed by atoms with Crippen molar-refractivity contribution in [2.45, 2.75) is 39.5 Å². The molecule has 7 nitrogen and oxygen atoms in total. The number of urea groups is 1. The number of nitrogens with one attached hydrogen (secondary N) is 1. The number of benzene rings is 1. The van der Waals surface area contributed by atoms with Crippen LogP contribution < -0.4 is 5.32 Å². The zero-order valence-electron chi connectivity index (χ0n) is 15.1. The van der Waals surface area contributed by atoms with E-state index < -0.39 is 0 Å². The Kier molecular flexibility index (Phi) is 5.33. The smallest absolute Gasteiger partial charge is 0.318 e. The molecule has 0 radical (unpaired) electrons. The summed E-state index contributed by atoms with van der Waals surface area (Å²) in [5.41, 5.74) is 1.27. The van der Waals surface area contributed by atoms with E-state index in [1.165, 1.54) is 5.56 Å². The van der Waals surface area contributed by atoms with Crippen LogP contribution >= 0.6 is 0 Å². The standard InChI is InChI=1S/C18H26N6O/c1-14(11-22(3)12-16-7-5-4-6-8-16)19-18(25)23-9-10-24-17(13-23)20-15(2)21-24/h4-8,14H,9-13H2,1-3H3,(H,19,25). The molecule has 2 amide bonds. The first-order chi connectivity index (χ1) is 12.0. The lowest BCUT2D eigenvalue weighted by atomic mass is 10.2. The van der Waals surface area contributed by atoms with Gasteiger partial charge in [-0.05, 0) is 26.5 Å². The topological polar surface area (TPSA) is 66.3 Å². The van der Waals surface area contributed by atoms with Gasteiger partial charge in [-0.1, -0.05) is 30.3 Å². The maximum Gasteiger partial charge on any atom is 0.318 e. The molecular formula is C18H26N6O. The van der Waals surface area contributed by atoms with Crippen LogP contribution in [0.3, 0.4) is 0 Å². The van der Waals surface area contributed by atoms with Crippen LogP contribution in [0.25, 0.3) is 0 Å². The maximum atomic E-state index is 12.5. The fraction of sp³-hybridized carbons (Fsp3) is 0.500. The Bertz CT molecular complexity index is 714. The number of rotatable bonds is 5. The van der Waals surface area contributed by atoms with Crippen LogP contribution in [0.15, 0.2) is 30.3 Å². The van der Waals surface area contributed by atoms with E-state index in [4.69, 9.17) is 0 Å². The molecule has 25 heavy (non-hydrogen) atoms. The molecule has 0 saturated carbocycles. The van der Waals surface area contributed by atoms with Crippen molar-refractivity contribution in [2.75, 3.05) is 20.1 Å². The van der Waals surface area contributed by atoms with E-state index in [0.29, 0.717) is 19.6 Å². The van der Waals surface area contributed by atoms with Crippen LogP contribution in [0.4, 0.5) is 4.79 Å². The Morgan fingerprint density at radius 2 is 2.08 bits per heavy atom. The van der Waals surface area contributed by atoms with Gasteiger partial charge in [0.1, 0.15) is 11.6 Å². The molecule has 0 aliphatic carbocycles. The molecular weight excluding hydrogens is 316 g/mol. The second kappa shape index (κ2) is 7.65. The third kappa shape index (κ3) is 4.57. The van der Waals surface area contributed by atoms with E-state index in [2.05, 4.69) is 39.5 Å². The second-order valence-corrected chi connectivity index (χ2v) is 6.75. The number of nitrogens with zero attached hydrogens (tertiary/aromatic N) is 5. The summed E-state index contributed by atoms with van der Waals surface area (Å²) in [5.74, 6) is 1.61. The van der Waals surface area contributed by atoms with Crippen molar-refractivity contribution < 1.29 is 4.79 Å². The first-order valence-corrected chi connectivity index (χ1v) is 8.69. The molecule has 3 rings (SSSR count). The third-order valence-corrected chi connectivity index (χ3v) is 4.31. The largest absolute Gasteiger partial charge is 0.334 e. The minimum absolute atomic E-state index is 0.0347. The van der Waals surface area contributed by atoms with E-state index in [1.807, 2.05) is 36.7 Å². The number of aromatic nitrogens is 3. The summed E-state index contributed by atoms with van der Waals surface area (Å²) in [5, 5.41) is 7.42. The minimum atomic E-state index is -0.0347. The van der Waals surface area contributed by atoms with Gasteiger partial charge in [0, 0.05) is 25.7 Å². The fourth-order valence-electron chi connectivity index (χ4n) is 3.21. The van der Waals surface area contributed by atoms with Gasteiger partial charge in [0.05, 0.1) is 13.1 Å². The molecule has 7 heteroatoms. The van der Waals surface area contributed by atoms with Crippen LogP contribution in [-0.2, 0) is 19.6 Å². The fourth-order valence-corrected chi connectivity index (χ4v) is 3.21. The van der Waals surface area contributed by atoms with Crippen molar-refractivity contribution in [2.24, 2.45) is 0 Å². The summed E-state index contributed by atoms with van der Waals surface area (Å²) in [6, 6.07) is 10.4. The average molecular weight is 342 g/mol. The van der Waals surface area contributed by atoms with Gasteiger partial charge in [-0.2, -0.15) is 5.10 Å². The number of hydrogen-bond acceptors (Lipinski definition) is 4.